The first-order valence-electron chi connectivity index (χ1n) is 8.86. The molecule has 1 aliphatic heterocycles. The number of H-pyrrole nitrogens is 1. The minimum Gasteiger partial charge on any atom is -0.394 e. The summed E-state index contributed by atoms with van der Waals surface area (Å²) in [4.78, 5) is 34.9. The maximum Gasteiger partial charge on any atom is 0.280 e. The normalized spacial score (nSPS) is 24.1. The van der Waals surface area contributed by atoms with Crippen LogP contribution in [0.15, 0.2) is 35.4 Å². The Labute approximate surface area is 163 Å². The van der Waals surface area contributed by atoms with Gasteiger partial charge in [0.15, 0.2) is 23.2 Å². The molecule has 0 bridgehead atoms. The van der Waals surface area contributed by atoms with Gasteiger partial charge in [-0.15, -0.1) is 0 Å². The molecule has 152 valence electrons. The molecule has 0 saturated carbocycles. The third-order valence-corrected chi connectivity index (χ3v) is 4.76. The Morgan fingerprint density at radius 3 is 2.83 bits per heavy atom. The Morgan fingerprint density at radius 2 is 2.14 bits per heavy atom. The van der Waals surface area contributed by atoms with Crippen LogP contribution in [0.25, 0.3) is 11.2 Å². The van der Waals surface area contributed by atoms with Gasteiger partial charge in [0.2, 0.25) is 5.95 Å². The fourth-order valence-electron chi connectivity index (χ4n) is 3.23. The van der Waals surface area contributed by atoms with Crippen LogP contribution in [0, 0.1) is 0 Å². The van der Waals surface area contributed by atoms with Crippen LogP contribution in [0.1, 0.15) is 23.5 Å². The van der Waals surface area contributed by atoms with Crippen molar-refractivity contribution in [1.29, 1.82) is 0 Å². The Hall–Kier alpha value is -3.12. The van der Waals surface area contributed by atoms with Gasteiger partial charge in [-0.05, 0) is 19.1 Å². The number of anilines is 2. The monoisotopic (exact) mass is 401 g/mol. The summed E-state index contributed by atoms with van der Waals surface area (Å²) >= 11 is 0. The number of ether oxygens (including phenoxy) is 1. The van der Waals surface area contributed by atoms with Crippen LogP contribution >= 0.6 is 0 Å². The molecule has 0 spiro atoms. The van der Waals surface area contributed by atoms with E-state index in [1.165, 1.54) is 17.8 Å². The van der Waals surface area contributed by atoms with Crippen molar-refractivity contribution in [2.75, 3.05) is 11.9 Å². The smallest absolute Gasteiger partial charge is 0.280 e. The molecule has 1 saturated heterocycles. The summed E-state index contributed by atoms with van der Waals surface area (Å²) in [5.41, 5.74) is 0.652. The molecule has 11 nitrogen and oxygen atoms in total. The van der Waals surface area contributed by atoms with E-state index in [0.29, 0.717) is 11.3 Å². The summed E-state index contributed by atoms with van der Waals surface area (Å²) in [5.74, 6) is -0.00954. The van der Waals surface area contributed by atoms with E-state index in [0.717, 1.165) is 0 Å². The number of rotatable bonds is 5. The highest BCUT2D eigenvalue weighted by atomic mass is 16.6. The number of fused-ring (bicyclic) bond motifs is 1. The van der Waals surface area contributed by atoms with Gasteiger partial charge in [-0.1, -0.05) is 12.1 Å². The molecule has 4 atom stereocenters. The third kappa shape index (κ3) is 3.40. The maximum absolute atomic E-state index is 12.4. The average molecular weight is 401 g/mol. The lowest BCUT2D eigenvalue weighted by molar-refractivity contribution is -0.0511. The number of hydrogen-bond donors (Lipinski definition) is 5. The zero-order chi connectivity index (χ0) is 20.7. The average Bonchev–Trinajstić information content (AvgIpc) is 3.24. The predicted octanol–water partition coefficient (Wildman–Crippen LogP) is -0.323. The van der Waals surface area contributed by atoms with Crippen molar-refractivity contribution in [3.05, 3.63) is 46.5 Å². The summed E-state index contributed by atoms with van der Waals surface area (Å²) in [5, 5.41) is 32.4. The second kappa shape index (κ2) is 7.37. The molecule has 0 amide bonds. The number of Topliss-reactive ketones (excluding diaryl/α,β-unsaturated/α-hetero) is 1. The fourth-order valence-corrected chi connectivity index (χ4v) is 3.23. The van der Waals surface area contributed by atoms with E-state index < -0.39 is 36.7 Å². The van der Waals surface area contributed by atoms with Crippen LogP contribution in [0.2, 0.25) is 0 Å². The summed E-state index contributed by atoms with van der Waals surface area (Å²) in [6, 6.07) is 6.69. The maximum atomic E-state index is 12.4. The van der Waals surface area contributed by atoms with Crippen LogP contribution in [0.4, 0.5) is 11.6 Å². The molecule has 3 heterocycles. The molecule has 0 unspecified atom stereocenters. The zero-order valence-corrected chi connectivity index (χ0v) is 15.3. The Morgan fingerprint density at radius 1 is 1.34 bits per heavy atom. The lowest BCUT2D eigenvalue weighted by Gasteiger charge is -2.16. The first kappa shape index (κ1) is 19.2. The van der Waals surface area contributed by atoms with E-state index in [2.05, 4.69) is 20.3 Å². The van der Waals surface area contributed by atoms with Gasteiger partial charge in [0, 0.05) is 11.3 Å². The minimum absolute atomic E-state index is 0.0192. The van der Waals surface area contributed by atoms with Gasteiger partial charge >= 0.3 is 0 Å². The molecule has 1 aromatic carbocycles. The largest absolute Gasteiger partial charge is 0.394 e. The first-order valence-corrected chi connectivity index (χ1v) is 8.86. The SMILES string of the molecule is CC(=O)c1cccc(Nc2nc3c(ncn3[C@@H]3O[C@H](CO)[C@@H](O)[C@H]3O)c(=O)[nH]2)c1. The molecule has 11 heteroatoms. The van der Waals surface area contributed by atoms with Crippen molar-refractivity contribution in [2.24, 2.45) is 0 Å². The van der Waals surface area contributed by atoms with Gasteiger partial charge in [0.1, 0.15) is 18.3 Å². The number of ketones is 1. The number of aliphatic hydroxyl groups is 3. The van der Waals surface area contributed by atoms with Crippen LogP contribution < -0.4 is 10.9 Å². The Balaban J connectivity index is 1.72. The van der Waals surface area contributed by atoms with Crippen molar-refractivity contribution < 1.29 is 24.9 Å². The molecule has 3 aromatic rings. The highest BCUT2D eigenvalue weighted by Crippen LogP contribution is 2.31. The second-order valence-electron chi connectivity index (χ2n) is 6.73. The molecule has 0 aliphatic carbocycles. The summed E-state index contributed by atoms with van der Waals surface area (Å²) in [7, 11) is 0. The topological polar surface area (TPSA) is 163 Å². The van der Waals surface area contributed by atoms with Crippen LogP contribution in [-0.2, 0) is 4.74 Å². The fraction of sp³-hybridized carbons (Fsp3) is 0.333. The van der Waals surface area contributed by atoms with Crippen molar-refractivity contribution in [2.45, 2.75) is 31.5 Å². The molecular formula is C18H19N5O6. The highest BCUT2D eigenvalue weighted by molar-refractivity contribution is 5.95. The number of aliphatic hydroxyl groups excluding tert-OH is 3. The minimum atomic E-state index is -1.34. The van der Waals surface area contributed by atoms with Gasteiger partial charge in [-0.25, -0.2) is 4.98 Å². The standard InChI is InChI=1S/C18H19N5O6/c1-8(25)9-3-2-4-10(5-9)20-18-21-15-12(16(28)22-18)19-7-23(15)17-14(27)13(26)11(6-24)29-17/h2-5,7,11,13-14,17,24,26-27H,6H2,1H3,(H2,20,21,22,28)/t11-,13-,14-,17-/m1/s1. The number of carbonyl (C=O) groups is 1. The lowest BCUT2D eigenvalue weighted by Crippen LogP contribution is -2.33. The Bertz CT molecular complexity index is 1130. The second-order valence-corrected chi connectivity index (χ2v) is 6.73. The Kier molecular flexibility index (Phi) is 4.88. The summed E-state index contributed by atoms with van der Waals surface area (Å²) < 4.78 is 6.82. The van der Waals surface area contributed by atoms with Gasteiger partial charge in [-0.3, -0.25) is 19.1 Å². The van der Waals surface area contributed by atoms with Crippen LogP contribution in [0.5, 0.6) is 0 Å². The van der Waals surface area contributed by atoms with Gasteiger partial charge < -0.3 is 25.4 Å². The number of aromatic nitrogens is 4. The molecule has 1 aliphatic rings. The number of aromatic amines is 1. The molecule has 29 heavy (non-hydrogen) atoms. The van der Waals surface area contributed by atoms with Crippen molar-refractivity contribution in [1.82, 2.24) is 19.5 Å². The number of hydrogen-bond acceptors (Lipinski definition) is 9. The number of carbonyl (C=O) groups excluding carboxylic acids is 1. The third-order valence-electron chi connectivity index (χ3n) is 4.76. The van der Waals surface area contributed by atoms with Crippen molar-refractivity contribution >= 4 is 28.6 Å². The molecule has 4 rings (SSSR count). The zero-order valence-electron chi connectivity index (χ0n) is 15.3. The van der Waals surface area contributed by atoms with Gasteiger partial charge in [-0.2, -0.15) is 4.98 Å². The van der Waals surface area contributed by atoms with Crippen molar-refractivity contribution in [3.63, 3.8) is 0 Å². The van der Waals surface area contributed by atoms with Crippen LogP contribution in [-0.4, -0.2) is 65.5 Å². The number of nitrogens with zero attached hydrogens (tertiary/aromatic N) is 3. The number of imidazole rings is 1. The molecule has 5 N–H and O–H groups in total. The first-order chi connectivity index (χ1) is 13.9. The number of nitrogens with one attached hydrogen (secondary N) is 2. The van der Waals surface area contributed by atoms with Crippen molar-refractivity contribution in [3.8, 4) is 0 Å². The molecule has 1 fully saturated rings. The van der Waals surface area contributed by atoms with E-state index in [4.69, 9.17) is 4.74 Å². The quantitative estimate of drug-likeness (QED) is 0.361. The molecule has 0 radical (unpaired) electrons. The molecular weight excluding hydrogens is 382 g/mol. The summed E-state index contributed by atoms with van der Waals surface area (Å²) in [6.45, 7) is 0.972. The molecule has 2 aromatic heterocycles. The van der Waals surface area contributed by atoms with Crippen LogP contribution in [0.3, 0.4) is 0 Å². The van der Waals surface area contributed by atoms with Gasteiger partial charge in [0.25, 0.3) is 5.56 Å². The van der Waals surface area contributed by atoms with E-state index in [1.807, 2.05) is 0 Å². The van der Waals surface area contributed by atoms with Gasteiger partial charge in [0.05, 0.1) is 12.9 Å². The lowest BCUT2D eigenvalue weighted by atomic mass is 10.1. The highest BCUT2D eigenvalue weighted by Gasteiger charge is 2.44. The number of benzene rings is 1. The van der Waals surface area contributed by atoms with E-state index in [9.17, 15) is 24.9 Å². The van der Waals surface area contributed by atoms with E-state index in [1.54, 1.807) is 24.3 Å². The predicted molar refractivity (Wildman–Crippen MR) is 101 cm³/mol. The van der Waals surface area contributed by atoms with E-state index >= 15 is 0 Å². The van der Waals surface area contributed by atoms with E-state index in [-0.39, 0.29) is 22.9 Å². The summed E-state index contributed by atoms with van der Waals surface area (Å²) in [6.07, 6.45) is -3.41.